The van der Waals surface area contributed by atoms with Crippen LogP contribution in [0.1, 0.15) is 19.5 Å². The van der Waals surface area contributed by atoms with Gasteiger partial charge in [0.25, 0.3) is 5.56 Å². The van der Waals surface area contributed by atoms with E-state index in [1.54, 1.807) is 6.92 Å². The molecule has 0 spiro atoms. The molecule has 0 aliphatic heterocycles. The first-order valence-corrected chi connectivity index (χ1v) is 8.86. The van der Waals surface area contributed by atoms with Gasteiger partial charge in [0.1, 0.15) is 0 Å². The van der Waals surface area contributed by atoms with Crippen LogP contribution in [0.3, 0.4) is 0 Å². The Kier molecular flexibility index (Phi) is 6.43. The quantitative estimate of drug-likeness (QED) is 0.595. The van der Waals surface area contributed by atoms with Crippen LogP contribution in [0.2, 0.25) is 0 Å². The fraction of sp³-hybridized carbons (Fsp3) is 0.353. The minimum Gasteiger partial charge on any atom is -0.372 e. The van der Waals surface area contributed by atoms with E-state index in [1.165, 1.54) is 17.8 Å². The highest BCUT2D eigenvalue weighted by atomic mass is 32.2. The summed E-state index contributed by atoms with van der Waals surface area (Å²) < 4.78 is 0. The van der Waals surface area contributed by atoms with Crippen LogP contribution >= 0.6 is 11.8 Å². The molecule has 128 valence electrons. The minimum atomic E-state index is -0.211. The summed E-state index contributed by atoms with van der Waals surface area (Å²) >= 11 is 1.20. The van der Waals surface area contributed by atoms with Crippen LogP contribution in [-0.2, 0) is 4.79 Å². The molecule has 0 unspecified atom stereocenters. The first-order chi connectivity index (χ1) is 11.5. The minimum absolute atomic E-state index is 0.139. The normalized spacial score (nSPS) is 10.5. The predicted molar refractivity (Wildman–Crippen MR) is 99.0 cm³/mol. The third-order valence-electron chi connectivity index (χ3n) is 3.47. The van der Waals surface area contributed by atoms with Crippen LogP contribution in [0.4, 0.5) is 11.4 Å². The highest BCUT2D eigenvalue weighted by Crippen LogP contribution is 2.18. The second-order valence-electron chi connectivity index (χ2n) is 5.25. The zero-order valence-electron chi connectivity index (χ0n) is 14.1. The molecule has 24 heavy (non-hydrogen) atoms. The predicted octanol–water partition coefficient (Wildman–Crippen LogP) is 2.66. The van der Waals surface area contributed by atoms with Crippen molar-refractivity contribution in [1.29, 1.82) is 0 Å². The number of nitrogens with one attached hydrogen (secondary N) is 2. The van der Waals surface area contributed by atoms with Gasteiger partial charge < -0.3 is 15.2 Å². The molecule has 0 radical (unpaired) electrons. The molecule has 1 heterocycles. The second-order valence-corrected chi connectivity index (χ2v) is 6.21. The Hall–Kier alpha value is -2.28. The van der Waals surface area contributed by atoms with Gasteiger partial charge in [0.15, 0.2) is 5.16 Å². The Morgan fingerprint density at radius 3 is 2.50 bits per heavy atom. The number of aromatic amines is 1. The molecule has 2 N–H and O–H groups in total. The topological polar surface area (TPSA) is 78.1 Å². The molecule has 0 aliphatic carbocycles. The number of hydrogen-bond donors (Lipinski definition) is 2. The standard InChI is InChI=1S/C17H22N4O2S/c1-4-21(5-2)14-8-6-13(7-9-14)19-16(23)11-24-17-18-12(3)10-15(22)20-17/h6-10H,4-5,11H2,1-3H3,(H,19,23)(H,18,20,22). The second kappa shape index (κ2) is 8.54. The zero-order chi connectivity index (χ0) is 17.5. The summed E-state index contributed by atoms with van der Waals surface area (Å²) in [6.45, 7) is 7.86. The molecule has 1 aromatic heterocycles. The van der Waals surface area contributed by atoms with E-state index in [4.69, 9.17) is 0 Å². The largest absolute Gasteiger partial charge is 0.372 e. The van der Waals surface area contributed by atoms with E-state index < -0.39 is 0 Å². The van der Waals surface area contributed by atoms with Crippen molar-refractivity contribution in [1.82, 2.24) is 9.97 Å². The van der Waals surface area contributed by atoms with E-state index in [0.717, 1.165) is 24.5 Å². The van der Waals surface area contributed by atoms with Crippen molar-refractivity contribution >= 4 is 29.0 Å². The van der Waals surface area contributed by atoms with Gasteiger partial charge in [-0.25, -0.2) is 4.98 Å². The fourth-order valence-corrected chi connectivity index (χ4v) is 3.02. The third-order valence-corrected chi connectivity index (χ3v) is 4.34. The summed E-state index contributed by atoms with van der Waals surface area (Å²) in [5.74, 6) is 0.0456. The van der Waals surface area contributed by atoms with E-state index in [9.17, 15) is 9.59 Å². The van der Waals surface area contributed by atoms with E-state index >= 15 is 0 Å². The monoisotopic (exact) mass is 346 g/mol. The fourth-order valence-electron chi connectivity index (χ4n) is 2.30. The molecule has 0 aliphatic rings. The highest BCUT2D eigenvalue weighted by molar-refractivity contribution is 7.99. The van der Waals surface area contributed by atoms with Crippen LogP contribution in [-0.4, -0.2) is 34.7 Å². The van der Waals surface area contributed by atoms with Crippen molar-refractivity contribution in [3.63, 3.8) is 0 Å². The Morgan fingerprint density at radius 2 is 1.92 bits per heavy atom. The summed E-state index contributed by atoms with van der Waals surface area (Å²) in [6.07, 6.45) is 0. The lowest BCUT2D eigenvalue weighted by molar-refractivity contribution is -0.113. The van der Waals surface area contributed by atoms with Crippen LogP contribution < -0.4 is 15.8 Å². The average molecular weight is 346 g/mol. The van der Waals surface area contributed by atoms with Crippen molar-refractivity contribution in [2.24, 2.45) is 0 Å². The third kappa shape index (κ3) is 5.13. The van der Waals surface area contributed by atoms with Gasteiger partial charge in [-0.1, -0.05) is 11.8 Å². The number of amides is 1. The molecule has 1 aromatic carbocycles. The van der Waals surface area contributed by atoms with Gasteiger partial charge in [0.2, 0.25) is 5.91 Å². The number of H-pyrrole nitrogens is 1. The first-order valence-electron chi connectivity index (χ1n) is 7.87. The maximum Gasteiger partial charge on any atom is 0.251 e. The average Bonchev–Trinajstić information content (AvgIpc) is 2.55. The van der Waals surface area contributed by atoms with Gasteiger partial charge in [-0.05, 0) is 45.0 Å². The smallest absolute Gasteiger partial charge is 0.251 e. The number of benzene rings is 1. The molecular weight excluding hydrogens is 324 g/mol. The lowest BCUT2D eigenvalue weighted by Gasteiger charge is -2.21. The lowest BCUT2D eigenvalue weighted by atomic mass is 10.2. The number of hydrogen-bond acceptors (Lipinski definition) is 5. The zero-order valence-corrected chi connectivity index (χ0v) is 14.9. The van der Waals surface area contributed by atoms with Gasteiger partial charge in [0.05, 0.1) is 5.75 Å². The van der Waals surface area contributed by atoms with Crippen LogP contribution in [0.25, 0.3) is 0 Å². The van der Waals surface area contributed by atoms with Crippen LogP contribution in [0, 0.1) is 6.92 Å². The maximum absolute atomic E-state index is 12.0. The number of carbonyl (C=O) groups excluding carboxylic acids is 1. The van der Waals surface area contributed by atoms with Gasteiger partial charge in [-0.15, -0.1) is 0 Å². The number of aromatic nitrogens is 2. The molecule has 7 heteroatoms. The van der Waals surface area contributed by atoms with Crippen molar-refractivity contribution in [2.45, 2.75) is 25.9 Å². The van der Waals surface area contributed by atoms with Crippen LogP contribution in [0.15, 0.2) is 40.3 Å². The van der Waals surface area contributed by atoms with E-state index in [1.807, 2.05) is 24.3 Å². The Balaban J connectivity index is 1.91. The molecule has 0 saturated heterocycles. The number of aryl methyl sites for hydroxylation is 1. The molecule has 0 bridgehead atoms. The van der Waals surface area contributed by atoms with Crippen molar-refractivity contribution in [3.05, 3.63) is 46.4 Å². The van der Waals surface area contributed by atoms with Crippen LogP contribution in [0.5, 0.6) is 0 Å². The SMILES string of the molecule is CCN(CC)c1ccc(NC(=O)CSc2nc(C)cc(=O)[nH]2)cc1. The van der Waals surface area contributed by atoms with Gasteiger partial charge >= 0.3 is 0 Å². The summed E-state index contributed by atoms with van der Waals surface area (Å²) in [5.41, 5.74) is 2.31. The van der Waals surface area contributed by atoms with Gasteiger partial charge in [-0.3, -0.25) is 9.59 Å². The molecular formula is C17H22N4O2S. The number of anilines is 2. The summed E-state index contributed by atoms with van der Waals surface area (Å²) in [6, 6.07) is 9.19. The van der Waals surface area contributed by atoms with Crippen molar-refractivity contribution in [3.8, 4) is 0 Å². The van der Waals surface area contributed by atoms with Gasteiger partial charge in [-0.2, -0.15) is 0 Å². The summed E-state index contributed by atoms with van der Waals surface area (Å²) in [5, 5.41) is 3.30. The number of carbonyl (C=O) groups is 1. The first kappa shape index (κ1) is 18.1. The maximum atomic E-state index is 12.0. The lowest BCUT2D eigenvalue weighted by Crippen LogP contribution is -2.21. The number of nitrogens with zero attached hydrogens (tertiary/aromatic N) is 2. The summed E-state index contributed by atoms with van der Waals surface area (Å²) in [4.78, 5) is 32.4. The summed E-state index contributed by atoms with van der Waals surface area (Å²) in [7, 11) is 0. The molecule has 1 amide bonds. The number of thioether (sulfide) groups is 1. The molecule has 0 fully saturated rings. The molecule has 0 atom stereocenters. The molecule has 2 rings (SSSR count). The van der Waals surface area contributed by atoms with Gasteiger partial charge in [0, 0.05) is 36.2 Å². The van der Waals surface area contributed by atoms with Crippen molar-refractivity contribution in [2.75, 3.05) is 29.1 Å². The molecule has 2 aromatic rings. The Morgan fingerprint density at radius 1 is 1.25 bits per heavy atom. The van der Waals surface area contributed by atoms with Crippen molar-refractivity contribution < 1.29 is 4.79 Å². The highest BCUT2D eigenvalue weighted by Gasteiger charge is 2.07. The molecule has 0 saturated carbocycles. The van der Waals surface area contributed by atoms with E-state index in [0.29, 0.717) is 10.9 Å². The Labute approximate surface area is 145 Å². The van der Waals surface area contributed by atoms with E-state index in [-0.39, 0.29) is 17.2 Å². The number of rotatable bonds is 7. The molecule has 6 nitrogen and oxygen atoms in total. The Bertz CT molecular complexity index is 739. The van der Waals surface area contributed by atoms with E-state index in [2.05, 4.69) is 34.0 Å².